The van der Waals surface area contributed by atoms with E-state index in [0.717, 1.165) is 31.4 Å². The third kappa shape index (κ3) is 2.43. The molecular formula is C12H18N2O2. The molecule has 1 aliphatic rings. The maximum Gasteiger partial charge on any atom is 0.273 e. The minimum Gasteiger partial charge on any atom is -0.360 e. The lowest BCUT2D eigenvalue weighted by atomic mass is 10.1. The highest BCUT2D eigenvalue weighted by molar-refractivity contribution is 5.92. The summed E-state index contributed by atoms with van der Waals surface area (Å²) in [4.78, 5) is 11.8. The van der Waals surface area contributed by atoms with Crippen LogP contribution in [-0.2, 0) is 0 Å². The number of carbonyl (C=O) groups excluding carboxylic acids is 1. The summed E-state index contributed by atoms with van der Waals surface area (Å²) >= 11 is 0. The normalized spacial score (nSPS) is 15.4. The van der Waals surface area contributed by atoms with Crippen LogP contribution in [0.2, 0.25) is 0 Å². The predicted molar refractivity (Wildman–Crippen MR) is 60.3 cm³/mol. The Kier molecular flexibility index (Phi) is 3.27. The number of rotatable bonds is 5. The Hall–Kier alpha value is -1.32. The highest BCUT2D eigenvalue weighted by atomic mass is 16.5. The van der Waals surface area contributed by atoms with Crippen molar-refractivity contribution >= 4 is 5.91 Å². The van der Waals surface area contributed by atoms with Crippen LogP contribution in [0.3, 0.4) is 0 Å². The summed E-state index contributed by atoms with van der Waals surface area (Å²) in [6.07, 6.45) is 4.19. The molecule has 0 spiro atoms. The molecule has 1 heterocycles. The number of hydrogen-bond donors (Lipinski definition) is 1. The van der Waals surface area contributed by atoms with Gasteiger partial charge in [-0.25, -0.2) is 0 Å². The maximum atomic E-state index is 11.8. The van der Waals surface area contributed by atoms with Crippen molar-refractivity contribution in [2.45, 2.75) is 51.5 Å². The van der Waals surface area contributed by atoms with Crippen molar-refractivity contribution < 1.29 is 9.32 Å². The van der Waals surface area contributed by atoms with Crippen LogP contribution in [0.4, 0.5) is 0 Å². The van der Waals surface area contributed by atoms with Gasteiger partial charge >= 0.3 is 0 Å². The van der Waals surface area contributed by atoms with Gasteiger partial charge in [0.1, 0.15) is 5.76 Å². The Labute approximate surface area is 95.4 Å². The van der Waals surface area contributed by atoms with Crippen molar-refractivity contribution in [3.63, 3.8) is 0 Å². The van der Waals surface area contributed by atoms with Gasteiger partial charge in [-0.15, -0.1) is 0 Å². The van der Waals surface area contributed by atoms with Crippen molar-refractivity contribution in [2.75, 3.05) is 0 Å². The van der Waals surface area contributed by atoms with E-state index in [4.69, 9.17) is 4.52 Å². The molecule has 16 heavy (non-hydrogen) atoms. The van der Waals surface area contributed by atoms with E-state index in [1.807, 2.05) is 0 Å². The Bertz CT molecular complexity index is 365. The summed E-state index contributed by atoms with van der Waals surface area (Å²) in [7, 11) is 0. The zero-order valence-corrected chi connectivity index (χ0v) is 9.82. The zero-order valence-electron chi connectivity index (χ0n) is 9.82. The third-order valence-electron chi connectivity index (χ3n) is 3.06. The number of nitrogens with zero attached hydrogens (tertiary/aromatic N) is 1. The fourth-order valence-corrected chi connectivity index (χ4v) is 1.71. The number of carbonyl (C=O) groups is 1. The first kappa shape index (κ1) is 11.2. The van der Waals surface area contributed by atoms with E-state index in [2.05, 4.69) is 24.3 Å². The smallest absolute Gasteiger partial charge is 0.273 e. The molecule has 0 radical (unpaired) electrons. The zero-order chi connectivity index (χ0) is 11.5. The van der Waals surface area contributed by atoms with Gasteiger partial charge in [-0.1, -0.05) is 19.0 Å². The van der Waals surface area contributed by atoms with E-state index in [9.17, 15) is 4.79 Å². The first-order valence-electron chi connectivity index (χ1n) is 6.02. The lowest BCUT2D eigenvalue weighted by molar-refractivity contribution is 0.0925. The van der Waals surface area contributed by atoms with Crippen molar-refractivity contribution in [1.29, 1.82) is 0 Å². The summed E-state index contributed by atoms with van der Waals surface area (Å²) < 4.78 is 5.15. The largest absolute Gasteiger partial charge is 0.360 e. The first-order chi connectivity index (χ1) is 7.74. The second-order valence-corrected chi connectivity index (χ2v) is 4.38. The van der Waals surface area contributed by atoms with Gasteiger partial charge in [0, 0.05) is 18.0 Å². The van der Waals surface area contributed by atoms with E-state index < -0.39 is 0 Å². The number of hydrogen-bond acceptors (Lipinski definition) is 3. The van der Waals surface area contributed by atoms with Gasteiger partial charge in [-0.2, -0.15) is 0 Å². The van der Waals surface area contributed by atoms with Crippen LogP contribution in [0.25, 0.3) is 0 Å². The minimum absolute atomic E-state index is 0.121. The molecule has 4 nitrogen and oxygen atoms in total. The van der Waals surface area contributed by atoms with E-state index in [0.29, 0.717) is 11.6 Å². The van der Waals surface area contributed by atoms with Crippen LogP contribution in [-0.4, -0.2) is 17.1 Å². The Balaban J connectivity index is 1.96. The summed E-state index contributed by atoms with van der Waals surface area (Å²) in [6.45, 7) is 4.12. The molecule has 1 saturated carbocycles. The molecule has 0 atom stereocenters. The molecule has 2 rings (SSSR count). The van der Waals surface area contributed by atoms with Crippen molar-refractivity contribution in [3.05, 3.63) is 17.5 Å². The van der Waals surface area contributed by atoms with Gasteiger partial charge in [0.25, 0.3) is 5.91 Å². The van der Waals surface area contributed by atoms with Crippen LogP contribution in [0.5, 0.6) is 0 Å². The lowest BCUT2D eigenvalue weighted by Crippen LogP contribution is -2.33. The second kappa shape index (κ2) is 4.68. The Morgan fingerprint density at radius 2 is 2.25 bits per heavy atom. The third-order valence-corrected chi connectivity index (χ3v) is 3.06. The average molecular weight is 222 g/mol. The van der Waals surface area contributed by atoms with Gasteiger partial charge < -0.3 is 9.84 Å². The summed E-state index contributed by atoms with van der Waals surface area (Å²) in [5.41, 5.74) is 0.411. The number of nitrogens with one attached hydrogen (secondary N) is 1. The minimum atomic E-state index is -0.121. The van der Waals surface area contributed by atoms with E-state index in [1.54, 1.807) is 6.07 Å². The highest BCUT2D eigenvalue weighted by Crippen LogP contribution is 2.40. The molecule has 1 fully saturated rings. The first-order valence-corrected chi connectivity index (χ1v) is 6.02. The topological polar surface area (TPSA) is 55.1 Å². The molecule has 88 valence electrons. The van der Waals surface area contributed by atoms with E-state index >= 15 is 0 Å². The molecule has 1 amide bonds. The SMILES string of the molecule is CCC(CC)NC(=O)c1cc(C2CC2)on1. The average Bonchev–Trinajstić information content (AvgIpc) is 3.03. The molecule has 1 N–H and O–H groups in total. The molecule has 0 bridgehead atoms. The van der Waals surface area contributed by atoms with Gasteiger partial charge in [-0.3, -0.25) is 4.79 Å². The Morgan fingerprint density at radius 1 is 1.56 bits per heavy atom. The van der Waals surface area contributed by atoms with Crippen LogP contribution in [0.1, 0.15) is 61.7 Å². The van der Waals surface area contributed by atoms with Crippen molar-refractivity contribution in [3.8, 4) is 0 Å². The van der Waals surface area contributed by atoms with Crippen LogP contribution in [0.15, 0.2) is 10.6 Å². The van der Waals surface area contributed by atoms with Crippen molar-refractivity contribution in [1.82, 2.24) is 10.5 Å². The van der Waals surface area contributed by atoms with Crippen LogP contribution < -0.4 is 5.32 Å². The molecule has 0 saturated heterocycles. The fraction of sp³-hybridized carbons (Fsp3) is 0.667. The monoisotopic (exact) mass is 222 g/mol. The second-order valence-electron chi connectivity index (χ2n) is 4.38. The molecule has 1 aliphatic carbocycles. The molecule has 4 heteroatoms. The fourth-order valence-electron chi connectivity index (χ4n) is 1.71. The highest BCUT2D eigenvalue weighted by Gasteiger charge is 2.29. The van der Waals surface area contributed by atoms with Crippen LogP contribution >= 0.6 is 0 Å². The molecule has 0 unspecified atom stereocenters. The summed E-state index contributed by atoms with van der Waals surface area (Å²) in [6, 6.07) is 2.00. The van der Waals surface area contributed by atoms with E-state index in [-0.39, 0.29) is 11.9 Å². The van der Waals surface area contributed by atoms with Gasteiger partial charge in [-0.05, 0) is 25.7 Å². The molecule has 0 aliphatic heterocycles. The van der Waals surface area contributed by atoms with Crippen LogP contribution in [0, 0.1) is 0 Å². The summed E-state index contributed by atoms with van der Waals surface area (Å²) in [5.74, 6) is 1.24. The molecule has 0 aromatic carbocycles. The molecule has 1 aromatic rings. The quantitative estimate of drug-likeness (QED) is 0.832. The van der Waals surface area contributed by atoms with Crippen molar-refractivity contribution in [2.24, 2.45) is 0 Å². The Morgan fingerprint density at radius 3 is 2.81 bits per heavy atom. The molecule has 1 aromatic heterocycles. The van der Waals surface area contributed by atoms with Gasteiger partial charge in [0.05, 0.1) is 0 Å². The number of aromatic nitrogens is 1. The van der Waals surface area contributed by atoms with E-state index in [1.165, 1.54) is 0 Å². The molecular weight excluding hydrogens is 204 g/mol. The van der Waals surface area contributed by atoms with Gasteiger partial charge in [0.2, 0.25) is 0 Å². The maximum absolute atomic E-state index is 11.8. The summed E-state index contributed by atoms with van der Waals surface area (Å²) in [5, 5.41) is 6.76. The predicted octanol–water partition coefficient (Wildman–Crippen LogP) is 2.47. The number of amides is 1. The standard InChI is InChI=1S/C12H18N2O2/c1-3-9(4-2)13-12(15)10-7-11(16-14-10)8-5-6-8/h7-9H,3-6H2,1-2H3,(H,13,15). The lowest BCUT2D eigenvalue weighted by Gasteiger charge is -2.12. The van der Waals surface area contributed by atoms with Gasteiger partial charge in [0.15, 0.2) is 5.69 Å².